The monoisotopic (exact) mass is 196 g/mol. The van der Waals surface area contributed by atoms with Gasteiger partial charge in [0.25, 0.3) is 0 Å². The van der Waals surface area contributed by atoms with Gasteiger partial charge in [0.05, 0.1) is 6.61 Å². The van der Waals surface area contributed by atoms with Crippen molar-refractivity contribution in [2.45, 2.75) is 33.1 Å². The van der Waals surface area contributed by atoms with Gasteiger partial charge in [-0.05, 0) is 6.42 Å². The molecule has 0 amide bonds. The fraction of sp³-hybridized carbons (Fsp3) is 0.667. The minimum Gasteiger partial charge on any atom is -0.463 e. The van der Waals surface area contributed by atoms with E-state index >= 15 is 0 Å². The number of nitrogen functional groups attached to an aromatic ring is 1. The van der Waals surface area contributed by atoms with Crippen LogP contribution in [0.1, 0.15) is 32.5 Å². The fourth-order valence-corrected chi connectivity index (χ4v) is 0.946. The van der Waals surface area contributed by atoms with Crippen LogP contribution >= 0.6 is 0 Å². The molecule has 14 heavy (non-hydrogen) atoms. The van der Waals surface area contributed by atoms with Gasteiger partial charge in [-0.15, -0.1) is 0 Å². The van der Waals surface area contributed by atoms with Crippen molar-refractivity contribution in [3.8, 4) is 6.01 Å². The van der Waals surface area contributed by atoms with Crippen molar-refractivity contribution in [1.29, 1.82) is 0 Å². The van der Waals surface area contributed by atoms with Crippen molar-refractivity contribution < 1.29 is 4.74 Å². The molecule has 0 aliphatic heterocycles. The van der Waals surface area contributed by atoms with E-state index in [0.29, 0.717) is 18.4 Å². The molecule has 78 valence electrons. The molecule has 0 bridgehead atoms. The number of ether oxygens (including phenoxy) is 1. The Bertz CT molecular complexity index is 290. The molecule has 0 aromatic carbocycles. The second-order valence-corrected chi connectivity index (χ2v) is 2.95. The number of nitrogens with zero attached hydrogens (tertiary/aromatic N) is 3. The molecule has 1 rings (SSSR count). The first-order chi connectivity index (χ1) is 6.76. The minimum atomic E-state index is 0.225. The lowest BCUT2D eigenvalue weighted by Crippen LogP contribution is -2.07. The smallest absolute Gasteiger partial charge is 0.321 e. The van der Waals surface area contributed by atoms with Gasteiger partial charge in [0.15, 0.2) is 0 Å². The number of unbranched alkanes of at least 4 members (excludes halogenated alkanes) is 1. The first-order valence-corrected chi connectivity index (χ1v) is 4.89. The molecule has 0 unspecified atom stereocenters. The maximum Gasteiger partial charge on any atom is 0.321 e. The Kier molecular flexibility index (Phi) is 4.10. The number of hydrogen-bond acceptors (Lipinski definition) is 5. The van der Waals surface area contributed by atoms with Crippen LogP contribution in [0.5, 0.6) is 6.01 Å². The maximum atomic E-state index is 5.50. The number of anilines is 1. The van der Waals surface area contributed by atoms with Crippen LogP contribution in [0.3, 0.4) is 0 Å². The van der Waals surface area contributed by atoms with E-state index < -0.39 is 0 Å². The standard InChI is InChI=1S/C9H16N4O/c1-3-5-6-14-9-12-7(4-2)11-8(10)13-9/h3-6H2,1-2H3,(H2,10,11,12,13). The molecule has 1 aromatic heterocycles. The first kappa shape index (κ1) is 10.7. The van der Waals surface area contributed by atoms with E-state index in [2.05, 4.69) is 21.9 Å². The quantitative estimate of drug-likeness (QED) is 0.716. The highest BCUT2D eigenvalue weighted by molar-refractivity contribution is 5.17. The molecule has 0 saturated carbocycles. The zero-order valence-corrected chi connectivity index (χ0v) is 8.66. The summed E-state index contributed by atoms with van der Waals surface area (Å²) in [6, 6.07) is 0.336. The average Bonchev–Trinajstić information content (AvgIpc) is 2.17. The van der Waals surface area contributed by atoms with Crippen LogP contribution < -0.4 is 10.5 Å². The Morgan fingerprint density at radius 2 is 2.00 bits per heavy atom. The van der Waals surface area contributed by atoms with E-state index in [1.54, 1.807) is 0 Å². The Hall–Kier alpha value is -1.39. The van der Waals surface area contributed by atoms with Crippen molar-refractivity contribution in [1.82, 2.24) is 15.0 Å². The Labute approximate surface area is 83.7 Å². The molecule has 0 aliphatic rings. The molecule has 0 aliphatic carbocycles. The largest absolute Gasteiger partial charge is 0.463 e. The van der Waals surface area contributed by atoms with Gasteiger partial charge in [-0.25, -0.2) is 0 Å². The van der Waals surface area contributed by atoms with Gasteiger partial charge in [0, 0.05) is 6.42 Å². The molecule has 0 radical (unpaired) electrons. The van der Waals surface area contributed by atoms with E-state index in [0.717, 1.165) is 19.3 Å². The molecule has 0 spiro atoms. The van der Waals surface area contributed by atoms with Crippen LogP contribution in [0.4, 0.5) is 5.95 Å². The van der Waals surface area contributed by atoms with E-state index in [1.165, 1.54) is 0 Å². The lowest BCUT2D eigenvalue weighted by atomic mass is 10.4. The van der Waals surface area contributed by atoms with Gasteiger partial charge in [-0.3, -0.25) is 0 Å². The van der Waals surface area contributed by atoms with Crippen molar-refractivity contribution in [3.63, 3.8) is 0 Å². The van der Waals surface area contributed by atoms with Gasteiger partial charge in [-0.1, -0.05) is 20.3 Å². The van der Waals surface area contributed by atoms with E-state index in [1.807, 2.05) is 6.92 Å². The molecular weight excluding hydrogens is 180 g/mol. The maximum absolute atomic E-state index is 5.50. The molecule has 2 N–H and O–H groups in total. The van der Waals surface area contributed by atoms with E-state index in [-0.39, 0.29) is 5.95 Å². The highest BCUT2D eigenvalue weighted by Gasteiger charge is 2.02. The Morgan fingerprint density at radius 1 is 1.21 bits per heavy atom. The first-order valence-electron chi connectivity index (χ1n) is 4.89. The average molecular weight is 196 g/mol. The van der Waals surface area contributed by atoms with Crippen LogP contribution in [0.2, 0.25) is 0 Å². The predicted molar refractivity (Wildman–Crippen MR) is 54.0 cm³/mol. The molecule has 1 aromatic rings. The molecule has 0 atom stereocenters. The van der Waals surface area contributed by atoms with Crippen molar-refractivity contribution in [2.24, 2.45) is 0 Å². The third kappa shape index (κ3) is 3.16. The predicted octanol–water partition coefficient (Wildman–Crippen LogP) is 1.20. The van der Waals surface area contributed by atoms with Crippen LogP contribution in [-0.2, 0) is 6.42 Å². The number of aryl methyl sites for hydroxylation is 1. The minimum absolute atomic E-state index is 0.225. The van der Waals surface area contributed by atoms with Crippen LogP contribution in [0.15, 0.2) is 0 Å². The summed E-state index contributed by atoms with van der Waals surface area (Å²) in [5.41, 5.74) is 5.50. The summed E-state index contributed by atoms with van der Waals surface area (Å²) in [7, 11) is 0. The van der Waals surface area contributed by atoms with Gasteiger partial charge in [-0.2, -0.15) is 15.0 Å². The van der Waals surface area contributed by atoms with Gasteiger partial charge < -0.3 is 10.5 Å². The lowest BCUT2D eigenvalue weighted by Gasteiger charge is -2.04. The number of aromatic nitrogens is 3. The van der Waals surface area contributed by atoms with Gasteiger partial charge in [0.2, 0.25) is 5.95 Å². The highest BCUT2D eigenvalue weighted by Crippen LogP contribution is 2.06. The SMILES string of the molecule is CCCCOc1nc(N)nc(CC)n1. The highest BCUT2D eigenvalue weighted by atomic mass is 16.5. The number of nitrogens with two attached hydrogens (primary N) is 1. The molecule has 1 heterocycles. The van der Waals surface area contributed by atoms with Gasteiger partial charge in [0.1, 0.15) is 5.82 Å². The van der Waals surface area contributed by atoms with E-state index in [9.17, 15) is 0 Å². The summed E-state index contributed by atoms with van der Waals surface area (Å²) in [6.07, 6.45) is 2.81. The van der Waals surface area contributed by atoms with Crippen LogP contribution in [0, 0.1) is 0 Å². The normalized spacial score (nSPS) is 10.1. The third-order valence-electron chi connectivity index (χ3n) is 1.72. The third-order valence-corrected chi connectivity index (χ3v) is 1.72. The lowest BCUT2D eigenvalue weighted by molar-refractivity contribution is 0.284. The van der Waals surface area contributed by atoms with E-state index in [4.69, 9.17) is 10.5 Å². The summed E-state index contributed by atoms with van der Waals surface area (Å²) in [4.78, 5) is 11.9. The van der Waals surface area contributed by atoms with Crippen LogP contribution in [0.25, 0.3) is 0 Å². The second kappa shape index (κ2) is 5.36. The summed E-state index contributed by atoms with van der Waals surface area (Å²) >= 11 is 0. The van der Waals surface area contributed by atoms with Gasteiger partial charge >= 0.3 is 6.01 Å². The zero-order valence-electron chi connectivity index (χ0n) is 8.66. The molecule has 5 heteroatoms. The number of hydrogen-bond donors (Lipinski definition) is 1. The van der Waals surface area contributed by atoms with Crippen molar-refractivity contribution >= 4 is 5.95 Å². The second-order valence-electron chi connectivity index (χ2n) is 2.95. The van der Waals surface area contributed by atoms with Crippen molar-refractivity contribution in [2.75, 3.05) is 12.3 Å². The summed E-state index contributed by atoms with van der Waals surface area (Å²) < 4.78 is 5.33. The molecule has 0 fully saturated rings. The zero-order chi connectivity index (χ0) is 10.4. The molecule has 0 saturated heterocycles. The molecular formula is C9H16N4O. The van der Waals surface area contributed by atoms with Crippen LogP contribution in [-0.4, -0.2) is 21.6 Å². The number of rotatable bonds is 5. The Balaban J connectivity index is 2.62. The van der Waals surface area contributed by atoms with Crippen molar-refractivity contribution in [3.05, 3.63) is 5.82 Å². The summed E-state index contributed by atoms with van der Waals surface area (Å²) in [6.45, 7) is 4.69. The fourth-order valence-electron chi connectivity index (χ4n) is 0.946. The summed E-state index contributed by atoms with van der Waals surface area (Å²) in [5.74, 6) is 0.896. The topological polar surface area (TPSA) is 73.9 Å². The molecule has 5 nitrogen and oxygen atoms in total. The summed E-state index contributed by atoms with van der Waals surface area (Å²) in [5, 5.41) is 0. The Morgan fingerprint density at radius 3 is 2.64 bits per heavy atom.